The number of benzene rings is 1. The van der Waals surface area contributed by atoms with Crippen molar-refractivity contribution in [1.82, 2.24) is 0 Å². The average molecular weight is 294 g/mol. The van der Waals surface area contributed by atoms with Gasteiger partial charge in [0.1, 0.15) is 5.82 Å². The van der Waals surface area contributed by atoms with Gasteiger partial charge in [-0.05, 0) is 43.5 Å². The first kappa shape index (κ1) is 15.4. The van der Waals surface area contributed by atoms with Crippen molar-refractivity contribution in [2.24, 2.45) is 17.6 Å². The number of nitrogens with two attached hydrogens (primary N) is 1. The number of carboxylic acids is 1. The predicted molar refractivity (Wildman–Crippen MR) is 76.5 cm³/mol. The first-order valence-electron chi connectivity index (χ1n) is 7.06. The van der Waals surface area contributed by atoms with Gasteiger partial charge in [-0.25, -0.2) is 9.18 Å². The highest BCUT2D eigenvalue weighted by Crippen LogP contribution is 2.30. The number of carbonyl (C=O) groups is 2. The molecule has 2 rings (SSSR count). The second-order valence-electron chi connectivity index (χ2n) is 5.38. The maximum absolute atomic E-state index is 13.6. The fourth-order valence-corrected chi connectivity index (χ4v) is 2.84. The van der Waals surface area contributed by atoms with E-state index in [2.05, 4.69) is 5.32 Å². The second kappa shape index (κ2) is 6.67. The van der Waals surface area contributed by atoms with Gasteiger partial charge in [0.15, 0.2) is 0 Å². The number of nitrogens with one attached hydrogen (secondary N) is 1. The van der Waals surface area contributed by atoms with Crippen molar-refractivity contribution in [3.8, 4) is 0 Å². The Morgan fingerprint density at radius 2 is 2.05 bits per heavy atom. The molecule has 0 aliphatic heterocycles. The van der Waals surface area contributed by atoms with E-state index in [1.54, 1.807) is 0 Å². The van der Waals surface area contributed by atoms with Crippen LogP contribution in [0.4, 0.5) is 10.1 Å². The van der Waals surface area contributed by atoms with Gasteiger partial charge in [-0.2, -0.15) is 0 Å². The molecule has 1 fully saturated rings. The molecule has 6 heteroatoms. The van der Waals surface area contributed by atoms with Gasteiger partial charge < -0.3 is 16.2 Å². The molecule has 1 amide bonds. The Hall–Kier alpha value is -1.95. The third-order valence-corrected chi connectivity index (χ3v) is 4.02. The molecule has 2 atom stereocenters. The largest absolute Gasteiger partial charge is 0.478 e. The lowest BCUT2D eigenvalue weighted by Gasteiger charge is -2.29. The Morgan fingerprint density at radius 1 is 1.33 bits per heavy atom. The highest BCUT2D eigenvalue weighted by molar-refractivity contribution is 5.94. The number of amides is 1. The number of aromatic carboxylic acids is 1. The average Bonchev–Trinajstić information content (AvgIpc) is 2.46. The fraction of sp³-hybridized carbons (Fsp3) is 0.467. The molecule has 0 bridgehead atoms. The summed E-state index contributed by atoms with van der Waals surface area (Å²) in [5, 5.41) is 11.4. The first-order valence-corrected chi connectivity index (χ1v) is 7.06. The molecule has 0 heterocycles. The summed E-state index contributed by atoms with van der Waals surface area (Å²) in [6, 6.07) is 3.57. The van der Waals surface area contributed by atoms with Gasteiger partial charge in [0, 0.05) is 11.6 Å². The monoisotopic (exact) mass is 294 g/mol. The Kier molecular flexibility index (Phi) is 4.90. The molecule has 0 spiro atoms. The lowest BCUT2D eigenvalue weighted by Crippen LogP contribution is -2.35. The number of carboxylic acid groups (broad SMARTS) is 1. The van der Waals surface area contributed by atoms with E-state index in [9.17, 15) is 14.0 Å². The molecule has 1 saturated carbocycles. The van der Waals surface area contributed by atoms with Gasteiger partial charge in [-0.15, -0.1) is 0 Å². The van der Waals surface area contributed by atoms with Gasteiger partial charge >= 0.3 is 5.97 Å². The third kappa shape index (κ3) is 3.58. The molecular weight excluding hydrogens is 275 g/mol. The Labute approximate surface area is 122 Å². The van der Waals surface area contributed by atoms with Crippen molar-refractivity contribution >= 4 is 17.6 Å². The highest BCUT2D eigenvalue weighted by atomic mass is 19.1. The van der Waals surface area contributed by atoms with E-state index in [4.69, 9.17) is 10.8 Å². The van der Waals surface area contributed by atoms with Gasteiger partial charge in [0.25, 0.3) is 0 Å². The molecule has 5 nitrogen and oxygen atoms in total. The molecule has 4 N–H and O–H groups in total. The molecule has 1 aromatic rings. The minimum absolute atomic E-state index is 0.155. The van der Waals surface area contributed by atoms with Crippen molar-refractivity contribution in [3.63, 3.8) is 0 Å². The summed E-state index contributed by atoms with van der Waals surface area (Å²) >= 11 is 0. The van der Waals surface area contributed by atoms with Crippen LogP contribution in [0.5, 0.6) is 0 Å². The number of anilines is 1. The Bertz CT molecular complexity index is 548. The van der Waals surface area contributed by atoms with Crippen molar-refractivity contribution < 1.29 is 19.1 Å². The summed E-state index contributed by atoms with van der Waals surface area (Å²) in [5.74, 6) is -2.37. The van der Waals surface area contributed by atoms with E-state index >= 15 is 0 Å². The van der Waals surface area contributed by atoms with Crippen LogP contribution < -0.4 is 11.1 Å². The molecule has 1 aromatic carbocycles. The number of carbonyl (C=O) groups excluding carboxylic acids is 1. The predicted octanol–water partition coefficient (Wildman–Crippen LogP) is 2.23. The van der Waals surface area contributed by atoms with Crippen LogP contribution in [-0.4, -0.2) is 23.5 Å². The first-order chi connectivity index (χ1) is 10.0. The highest BCUT2D eigenvalue weighted by Gasteiger charge is 2.30. The Balaban J connectivity index is 2.08. The smallest absolute Gasteiger partial charge is 0.338 e. The number of hydrogen-bond acceptors (Lipinski definition) is 3. The number of hydrogen-bond donors (Lipinski definition) is 3. The SMILES string of the molecule is NCC1CCCCC1C(=O)Nc1ccc(C(=O)O)c(F)c1. The van der Waals surface area contributed by atoms with E-state index in [1.165, 1.54) is 6.07 Å². The molecule has 0 radical (unpaired) electrons. The molecule has 0 saturated heterocycles. The molecule has 2 unspecified atom stereocenters. The Morgan fingerprint density at radius 3 is 2.67 bits per heavy atom. The quantitative estimate of drug-likeness (QED) is 0.794. The third-order valence-electron chi connectivity index (χ3n) is 4.02. The summed E-state index contributed by atoms with van der Waals surface area (Å²) in [4.78, 5) is 23.0. The van der Waals surface area contributed by atoms with Gasteiger partial charge in [0.2, 0.25) is 5.91 Å². The van der Waals surface area contributed by atoms with Crippen LogP contribution in [0.25, 0.3) is 0 Å². The van der Waals surface area contributed by atoms with Gasteiger partial charge in [0.05, 0.1) is 5.56 Å². The van der Waals surface area contributed by atoms with E-state index in [0.717, 1.165) is 37.8 Å². The van der Waals surface area contributed by atoms with Crippen LogP contribution in [0.2, 0.25) is 0 Å². The minimum atomic E-state index is -1.33. The standard InChI is InChI=1S/C15H19FN2O3/c16-13-7-10(5-6-12(13)15(20)21)18-14(19)11-4-2-1-3-9(11)8-17/h5-7,9,11H,1-4,8,17H2,(H,18,19)(H,20,21). The lowest BCUT2D eigenvalue weighted by atomic mass is 9.78. The van der Waals surface area contributed by atoms with E-state index < -0.39 is 17.3 Å². The van der Waals surface area contributed by atoms with Crippen molar-refractivity contribution in [2.75, 3.05) is 11.9 Å². The number of rotatable bonds is 4. The van der Waals surface area contributed by atoms with E-state index in [1.807, 2.05) is 0 Å². The zero-order valence-corrected chi connectivity index (χ0v) is 11.6. The summed E-state index contributed by atoms with van der Waals surface area (Å²) < 4.78 is 13.6. The fourth-order valence-electron chi connectivity index (χ4n) is 2.84. The minimum Gasteiger partial charge on any atom is -0.478 e. The van der Waals surface area contributed by atoms with Crippen LogP contribution in [0.15, 0.2) is 18.2 Å². The molecule has 0 aromatic heterocycles. The molecule has 1 aliphatic rings. The summed E-state index contributed by atoms with van der Waals surface area (Å²) in [6.07, 6.45) is 3.78. The number of halogens is 1. The van der Waals surface area contributed by atoms with E-state index in [0.29, 0.717) is 6.54 Å². The normalized spacial score (nSPS) is 21.8. The summed E-state index contributed by atoms with van der Waals surface area (Å²) in [7, 11) is 0. The second-order valence-corrected chi connectivity index (χ2v) is 5.38. The topological polar surface area (TPSA) is 92.4 Å². The van der Waals surface area contributed by atoms with E-state index in [-0.39, 0.29) is 23.4 Å². The lowest BCUT2D eigenvalue weighted by molar-refractivity contribution is -0.122. The van der Waals surface area contributed by atoms with Crippen LogP contribution in [-0.2, 0) is 4.79 Å². The summed E-state index contributed by atoms with van der Waals surface area (Å²) in [5.41, 5.74) is 5.55. The van der Waals surface area contributed by atoms with Crippen molar-refractivity contribution in [3.05, 3.63) is 29.6 Å². The van der Waals surface area contributed by atoms with Crippen LogP contribution in [0.1, 0.15) is 36.0 Å². The van der Waals surface area contributed by atoms with Crippen LogP contribution in [0, 0.1) is 17.7 Å². The molecule has 21 heavy (non-hydrogen) atoms. The maximum Gasteiger partial charge on any atom is 0.338 e. The molecule has 114 valence electrons. The van der Waals surface area contributed by atoms with Crippen LogP contribution >= 0.6 is 0 Å². The zero-order valence-electron chi connectivity index (χ0n) is 11.6. The maximum atomic E-state index is 13.6. The summed E-state index contributed by atoms with van der Waals surface area (Å²) in [6.45, 7) is 0.463. The van der Waals surface area contributed by atoms with Crippen molar-refractivity contribution in [1.29, 1.82) is 0 Å². The molecule has 1 aliphatic carbocycles. The van der Waals surface area contributed by atoms with Crippen molar-refractivity contribution in [2.45, 2.75) is 25.7 Å². The van der Waals surface area contributed by atoms with Gasteiger partial charge in [-0.1, -0.05) is 12.8 Å². The zero-order chi connectivity index (χ0) is 15.4. The molecular formula is C15H19FN2O3. The van der Waals surface area contributed by atoms with Gasteiger partial charge in [-0.3, -0.25) is 4.79 Å². The van der Waals surface area contributed by atoms with Crippen LogP contribution in [0.3, 0.4) is 0 Å².